The monoisotopic (exact) mass is 342 g/mol. The molecule has 3 N–H and O–H groups in total. The van der Waals surface area contributed by atoms with Crippen molar-refractivity contribution in [3.05, 3.63) is 34.9 Å². The van der Waals surface area contributed by atoms with E-state index < -0.39 is 0 Å². The van der Waals surface area contributed by atoms with Crippen molar-refractivity contribution in [3.8, 4) is 0 Å². The van der Waals surface area contributed by atoms with Gasteiger partial charge in [-0.15, -0.1) is 0 Å². The highest BCUT2D eigenvalue weighted by atomic mass is 14.9. The Kier molecular flexibility index (Phi) is 5.60. The predicted molar refractivity (Wildman–Crippen MR) is 108 cm³/mol. The lowest BCUT2D eigenvalue weighted by atomic mass is 9.49. The second kappa shape index (κ2) is 7.40. The van der Waals surface area contributed by atoms with Crippen molar-refractivity contribution >= 4 is 0 Å². The third-order valence-corrected chi connectivity index (χ3v) is 7.25. The Bertz CT molecular complexity index is 594. The molecule has 2 aliphatic carbocycles. The van der Waals surface area contributed by atoms with Gasteiger partial charge in [0.05, 0.1) is 0 Å². The van der Waals surface area contributed by atoms with Crippen LogP contribution in [0.5, 0.6) is 0 Å². The smallest absolute Gasteiger partial charge is 0.000815 e. The molecule has 2 aliphatic rings. The molecule has 2 nitrogen and oxygen atoms in total. The second-order valence-corrected chi connectivity index (χ2v) is 9.41. The molecule has 1 saturated carbocycles. The third-order valence-electron chi connectivity index (χ3n) is 7.25. The van der Waals surface area contributed by atoms with E-state index in [4.69, 9.17) is 5.73 Å². The van der Waals surface area contributed by atoms with E-state index in [2.05, 4.69) is 51.2 Å². The van der Waals surface area contributed by atoms with Crippen LogP contribution in [0.3, 0.4) is 0 Å². The van der Waals surface area contributed by atoms with Crippen molar-refractivity contribution in [2.75, 3.05) is 19.6 Å². The summed E-state index contributed by atoms with van der Waals surface area (Å²) in [5, 5.41) is 3.71. The fourth-order valence-corrected chi connectivity index (χ4v) is 5.82. The molecule has 0 saturated heterocycles. The highest BCUT2D eigenvalue weighted by Crippen LogP contribution is 2.57. The van der Waals surface area contributed by atoms with Gasteiger partial charge in [0.1, 0.15) is 0 Å². The summed E-state index contributed by atoms with van der Waals surface area (Å²) in [5.74, 6) is 1.41. The van der Waals surface area contributed by atoms with Crippen molar-refractivity contribution in [3.63, 3.8) is 0 Å². The zero-order chi connectivity index (χ0) is 18.1. The molecule has 140 valence electrons. The molecule has 2 heteroatoms. The maximum atomic E-state index is 5.65. The summed E-state index contributed by atoms with van der Waals surface area (Å²) in [7, 11) is 0. The lowest BCUT2D eigenvalue weighted by Gasteiger charge is -2.55. The first-order valence-electron chi connectivity index (χ1n) is 10.4. The van der Waals surface area contributed by atoms with Gasteiger partial charge in [-0.3, -0.25) is 0 Å². The van der Waals surface area contributed by atoms with Gasteiger partial charge in [0, 0.05) is 6.54 Å². The molecule has 1 aromatic rings. The van der Waals surface area contributed by atoms with Crippen LogP contribution in [0.25, 0.3) is 0 Å². The number of nitrogens with one attached hydrogen (secondary N) is 1. The van der Waals surface area contributed by atoms with Crippen LogP contribution in [0.1, 0.15) is 82.4 Å². The predicted octanol–water partition coefficient (Wildman–Crippen LogP) is 4.76. The SMILES string of the molecule is CC(C)c1ccc2c(c1)CC[C@@H]1[C@](C)(CNCCCN)CCC[C@@]21C. The maximum absolute atomic E-state index is 5.65. The number of rotatable bonds is 6. The topological polar surface area (TPSA) is 38.0 Å². The summed E-state index contributed by atoms with van der Waals surface area (Å²) in [6, 6.07) is 7.37. The minimum Gasteiger partial charge on any atom is -0.330 e. The molecule has 0 amide bonds. The van der Waals surface area contributed by atoms with Gasteiger partial charge in [0.15, 0.2) is 0 Å². The van der Waals surface area contributed by atoms with E-state index >= 15 is 0 Å². The Morgan fingerprint density at radius 1 is 1.24 bits per heavy atom. The maximum Gasteiger partial charge on any atom is 0.000815 e. The Morgan fingerprint density at radius 2 is 2.04 bits per heavy atom. The molecular formula is C23H38N2. The van der Waals surface area contributed by atoms with Crippen molar-refractivity contribution in [2.24, 2.45) is 17.1 Å². The molecule has 0 unspecified atom stereocenters. The van der Waals surface area contributed by atoms with Gasteiger partial charge in [0.2, 0.25) is 0 Å². The van der Waals surface area contributed by atoms with Crippen molar-refractivity contribution in [1.29, 1.82) is 0 Å². The van der Waals surface area contributed by atoms with Crippen LogP contribution in [0.2, 0.25) is 0 Å². The van der Waals surface area contributed by atoms with Crippen molar-refractivity contribution < 1.29 is 0 Å². The van der Waals surface area contributed by atoms with E-state index in [-0.39, 0.29) is 0 Å². The Hall–Kier alpha value is -0.860. The number of nitrogens with two attached hydrogens (primary N) is 1. The number of benzene rings is 1. The molecule has 0 spiro atoms. The van der Waals surface area contributed by atoms with Crippen LogP contribution in [-0.4, -0.2) is 19.6 Å². The van der Waals surface area contributed by atoms with Crippen molar-refractivity contribution in [2.45, 2.75) is 77.6 Å². The Balaban J connectivity index is 1.85. The molecule has 1 aromatic carbocycles. The van der Waals surface area contributed by atoms with Crippen molar-refractivity contribution in [1.82, 2.24) is 5.32 Å². The van der Waals surface area contributed by atoms with Crippen LogP contribution in [-0.2, 0) is 11.8 Å². The molecule has 0 bridgehead atoms. The van der Waals surface area contributed by atoms with E-state index in [1.165, 1.54) is 37.7 Å². The van der Waals surface area contributed by atoms with E-state index in [0.717, 1.165) is 32.0 Å². The fraction of sp³-hybridized carbons (Fsp3) is 0.739. The summed E-state index contributed by atoms with van der Waals surface area (Å²) in [5.41, 5.74) is 11.2. The van der Waals surface area contributed by atoms with Gasteiger partial charge in [-0.2, -0.15) is 0 Å². The van der Waals surface area contributed by atoms with E-state index in [1.807, 2.05) is 0 Å². The minimum absolute atomic E-state index is 0.353. The number of hydrogen-bond acceptors (Lipinski definition) is 2. The number of aryl methyl sites for hydroxylation is 1. The molecule has 0 heterocycles. The largest absolute Gasteiger partial charge is 0.330 e. The third kappa shape index (κ3) is 3.53. The quantitative estimate of drug-likeness (QED) is 0.732. The first-order valence-corrected chi connectivity index (χ1v) is 10.4. The summed E-state index contributed by atoms with van der Waals surface area (Å²) in [6.07, 6.45) is 7.76. The fourth-order valence-electron chi connectivity index (χ4n) is 5.82. The van der Waals surface area contributed by atoms with E-state index in [9.17, 15) is 0 Å². The normalized spacial score (nSPS) is 31.7. The van der Waals surface area contributed by atoms with Gasteiger partial charge in [-0.05, 0) is 84.5 Å². The van der Waals surface area contributed by atoms with Gasteiger partial charge in [-0.1, -0.05) is 52.3 Å². The minimum atomic E-state index is 0.353. The average molecular weight is 343 g/mol. The van der Waals surface area contributed by atoms with E-state index in [0.29, 0.717) is 16.7 Å². The lowest BCUT2D eigenvalue weighted by Crippen LogP contribution is -2.52. The summed E-state index contributed by atoms with van der Waals surface area (Å²) >= 11 is 0. The molecule has 0 aromatic heterocycles. The number of hydrogen-bond donors (Lipinski definition) is 2. The molecule has 3 atom stereocenters. The molecule has 0 aliphatic heterocycles. The van der Waals surface area contributed by atoms with Gasteiger partial charge >= 0.3 is 0 Å². The highest BCUT2D eigenvalue weighted by Gasteiger charge is 2.51. The molecule has 0 radical (unpaired) electrons. The molecule has 3 rings (SSSR count). The van der Waals surface area contributed by atoms with Gasteiger partial charge in [-0.25, -0.2) is 0 Å². The molecule has 25 heavy (non-hydrogen) atoms. The summed E-state index contributed by atoms with van der Waals surface area (Å²) in [6.45, 7) is 12.7. The van der Waals surface area contributed by atoms with E-state index in [1.54, 1.807) is 11.1 Å². The Labute approximate surface area is 155 Å². The van der Waals surface area contributed by atoms with Crippen LogP contribution >= 0.6 is 0 Å². The summed E-state index contributed by atoms with van der Waals surface area (Å²) in [4.78, 5) is 0. The zero-order valence-corrected chi connectivity index (χ0v) is 16.8. The average Bonchev–Trinajstić information content (AvgIpc) is 2.58. The van der Waals surface area contributed by atoms with Gasteiger partial charge < -0.3 is 11.1 Å². The van der Waals surface area contributed by atoms with Crippen LogP contribution in [0.4, 0.5) is 0 Å². The Morgan fingerprint density at radius 3 is 2.76 bits per heavy atom. The summed E-state index contributed by atoms with van der Waals surface area (Å²) < 4.78 is 0. The van der Waals surface area contributed by atoms with Crippen LogP contribution < -0.4 is 11.1 Å². The molecular weight excluding hydrogens is 304 g/mol. The number of fused-ring (bicyclic) bond motifs is 3. The highest BCUT2D eigenvalue weighted by molar-refractivity contribution is 5.42. The van der Waals surface area contributed by atoms with Crippen LogP contribution in [0.15, 0.2) is 18.2 Å². The van der Waals surface area contributed by atoms with Crippen LogP contribution in [0, 0.1) is 11.3 Å². The van der Waals surface area contributed by atoms with Gasteiger partial charge in [0.25, 0.3) is 0 Å². The second-order valence-electron chi connectivity index (χ2n) is 9.41. The zero-order valence-electron chi connectivity index (χ0n) is 16.8. The molecule has 1 fully saturated rings. The first-order chi connectivity index (χ1) is 11.9. The standard InChI is InChI=1S/C23H38N2/c1-17(2)18-7-9-20-19(15-18)8-10-21-22(3,16-25-14-6-13-24)11-5-12-23(20,21)4/h7,9,15,17,21,25H,5-6,8,10-14,16,24H2,1-4H3/t21-,22+,23+/m1/s1. The first kappa shape index (κ1) is 18.9. The lowest BCUT2D eigenvalue weighted by molar-refractivity contribution is 0.0260.